The number of nitrogen functional groups attached to an aromatic ring is 1. The number of benzene rings is 2. The Hall–Kier alpha value is -2.14. The first-order valence-corrected chi connectivity index (χ1v) is 7.22. The van der Waals surface area contributed by atoms with Crippen molar-refractivity contribution in [1.82, 2.24) is 10.2 Å². The molecule has 5 heteroatoms. The molecule has 3 rings (SSSR count). The van der Waals surface area contributed by atoms with Crippen LogP contribution < -0.4 is 5.73 Å². The summed E-state index contributed by atoms with van der Waals surface area (Å²) in [6, 6.07) is 12.7. The third-order valence-electron chi connectivity index (χ3n) is 3.31. The van der Waals surface area contributed by atoms with E-state index in [1.54, 1.807) is 12.1 Å². The number of halogens is 2. The molecular formula is C16H13BrFN3. The highest BCUT2D eigenvalue weighted by Gasteiger charge is 2.19. The van der Waals surface area contributed by atoms with Gasteiger partial charge in [0.1, 0.15) is 5.82 Å². The first-order valence-electron chi connectivity index (χ1n) is 6.43. The zero-order valence-corrected chi connectivity index (χ0v) is 12.9. The fourth-order valence-electron chi connectivity index (χ4n) is 2.37. The van der Waals surface area contributed by atoms with Gasteiger partial charge >= 0.3 is 0 Å². The summed E-state index contributed by atoms with van der Waals surface area (Å²) in [4.78, 5) is 0. The Bertz CT molecular complexity index is 791. The Kier molecular flexibility index (Phi) is 3.51. The maximum absolute atomic E-state index is 14.2. The minimum Gasteiger partial charge on any atom is -0.382 e. The number of anilines is 1. The Morgan fingerprint density at radius 3 is 2.62 bits per heavy atom. The molecule has 0 atom stereocenters. The summed E-state index contributed by atoms with van der Waals surface area (Å²) in [6.07, 6.45) is 0. The predicted octanol–water partition coefficient (Wildman–Crippen LogP) is 4.54. The number of hydrogen-bond acceptors (Lipinski definition) is 2. The largest absolute Gasteiger partial charge is 0.382 e. The first kappa shape index (κ1) is 13.8. The summed E-state index contributed by atoms with van der Waals surface area (Å²) >= 11 is 3.39. The Balaban J connectivity index is 2.27. The SMILES string of the molecule is Cc1cccc(-c2c(N)n[nH]c2-c2c(F)cccc2Br)c1. The Labute approximate surface area is 130 Å². The molecule has 0 radical (unpaired) electrons. The van der Waals surface area contributed by atoms with Gasteiger partial charge in [0, 0.05) is 4.47 Å². The lowest BCUT2D eigenvalue weighted by atomic mass is 9.99. The molecule has 0 saturated heterocycles. The molecule has 0 amide bonds. The van der Waals surface area contributed by atoms with Crippen LogP contribution in [-0.2, 0) is 0 Å². The smallest absolute Gasteiger partial charge is 0.153 e. The van der Waals surface area contributed by atoms with Gasteiger partial charge in [-0.15, -0.1) is 0 Å². The maximum atomic E-state index is 14.2. The van der Waals surface area contributed by atoms with Gasteiger partial charge in [0.25, 0.3) is 0 Å². The zero-order chi connectivity index (χ0) is 15.0. The highest BCUT2D eigenvalue weighted by atomic mass is 79.9. The van der Waals surface area contributed by atoms with Gasteiger partial charge in [-0.05, 0) is 40.5 Å². The molecular weight excluding hydrogens is 333 g/mol. The summed E-state index contributed by atoms with van der Waals surface area (Å²) in [5, 5.41) is 6.89. The van der Waals surface area contributed by atoms with Crippen molar-refractivity contribution < 1.29 is 4.39 Å². The number of nitrogens with two attached hydrogens (primary N) is 1. The minimum atomic E-state index is -0.332. The van der Waals surface area contributed by atoms with Gasteiger partial charge in [-0.2, -0.15) is 5.10 Å². The molecule has 0 unspecified atom stereocenters. The lowest BCUT2D eigenvalue weighted by Crippen LogP contribution is -1.91. The molecule has 1 aromatic heterocycles. The molecule has 3 aromatic rings. The Morgan fingerprint density at radius 1 is 1.14 bits per heavy atom. The summed E-state index contributed by atoms with van der Waals surface area (Å²) in [5.74, 6) is 0.0210. The fraction of sp³-hybridized carbons (Fsp3) is 0.0625. The van der Waals surface area contributed by atoms with Crippen molar-refractivity contribution in [3.05, 3.63) is 58.3 Å². The average Bonchev–Trinajstić information content (AvgIpc) is 2.80. The second-order valence-corrected chi connectivity index (χ2v) is 5.68. The predicted molar refractivity (Wildman–Crippen MR) is 86.3 cm³/mol. The number of nitrogens with zero attached hydrogens (tertiary/aromatic N) is 1. The van der Waals surface area contributed by atoms with Gasteiger partial charge in [-0.25, -0.2) is 4.39 Å². The zero-order valence-electron chi connectivity index (χ0n) is 11.3. The number of aromatic nitrogens is 2. The maximum Gasteiger partial charge on any atom is 0.153 e. The lowest BCUT2D eigenvalue weighted by Gasteiger charge is -2.08. The van der Waals surface area contributed by atoms with Crippen molar-refractivity contribution in [2.75, 3.05) is 5.73 Å². The van der Waals surface area contributed by atoms with Crippen molar-refractivity contribution in [1.29, 1.82) is 0 Å². The highest BCUT2D eigenvalue weighted by molar-refractivity contribution is 9.10. The molecule has 0 fully saturated rings. The van der Waals surface area contributed by atoms with Crippen molar-refractivity contribution in [2.45, 2.75) is 6.92 Å². The van der Waals surface area contributed by atoms with Crippen LogP contribution in [-0.4, -0.2) is 10.2 Å². The molecule has 0 spiro atoms. The van der Waals surface area contributed by atoms with E-state index < -0.39 is 0 Å². The van der Waals surface area contributed by atoms with Crippen LogP contribution in [0, 0.1) is 12.7 Å². The third-order valence-corrected chi connectivity index (χ3v) is 3.97. The molecule has 0 bridgehead atoms. The summed E-state index contributed by atoms with van der Waals surface area (Å²) in [5.41, 5.74) is 9.71. The van der Waals surface area contributed by atoms with E-state index in [-0.39, 0.29) is 5.82 Å². The van der Waals surface area contributed by atoms with E-state index in [0.717, 1.165) is 11.1 Å². The molecule has 0 aliphatic carbocycles. The van der Waals surface area contributed by atoms with Gasteiger partial charge in [0.05, 0.1) is 16.8 Å². The van der Waals surface area contributed by atoms with Crippen molar-refractivity contribution in [3.63, 3.8) is 0 Å². The average molecular weight is 346 g/mol. The highest BCUT2D eigenvalue weighted by Crippen LogP contribution is 2.39. The topological polar surface area (TPSA) is 54.7 Å². The van der Waals surface area contributed by atoms with E-state index >= 15 is 0 Å². The number of aryl methyl sites for hydroxylation is 1. The molecule has 106 valence electrons. The van der Waals surface area contributed by atoms with Crippen LogP contribution in [0.4, 0.5) is 10.2 Å². The van der Waals surface area contributed by atoms with Gasteiger partial charge in [-0.3, -0.25) is 5.10 Å². The number of aromatic amines is 1. The molecule has 2 aromatic carbocycles. The minimum absolute atomic E-state index is 0.332. The van der Waals surface area contributed by atoms with Crippen molar-refractivity contribution >= 4 is 21.7 Å². The summed E-state index contributed by atoms with van der Waals surface area (Å²) in [7, 11) is 0. The summed E-state index contributed by atoms with van der Waals surface area (Å²) < 4.78 is 14.9. The second kappa shape index (κ2) is 5.33. The van der Waals surface area contributed by atoms with E-state index in [9.17, 15) is 4.39 Å². The standard InChI is InChI=1S/C16H13BrFN3/c1-9-4-2-5-10(8-9)13-15(20-21-16(13)19)14-11(17)6-3-7-12(14)18/h2-8H,1H3,(H3,19,20,21). The van der Waals surface area contributed by atoms with Crippen LogP contribution in [0.25, 0.3) is 22.4 Å². The van der Waals surface area contributed by atoms with E-state index in [1.165, 1.54) is 6.07 Å². The molecule has 0 aliphatic heterocycles. The normalized spacial score (nSPS) is 10.8. The number of hydrogen-bond donors (Lipinski definition) is 2. The van der Waals surface area contributed by atoms with E-state index in [0.29, 0.717) is 27.1 Å². The molecule has 3 nitrogen and oxygen atoms in total. The van der Waals surface area contributed by atoms with Gasteiger partial charge < -0.3 is 5.73 Å². The summed E-state index contributed by atoms with van der Waals surface area (Å²) in [6.45, 7) is 2.00. The van der Waals surface area contributed by atoms with E-state index in [1.807, 2.05) is 31.2 Å². The van der Waals surface area contributed by atoms with Crippen molar-refractivity contribution in [2.24, 2.45) is 0 Å². The molecule has 3 N–H and O–H groups in total. The first-order chi connectivity index (χ1) is 10.1. The van der Waals surface area contributed by atoms with Crippen LogP contribution in [0.1, 0.15) is 5.56 Å². The quantitative estimate of drug-likeness (QED) is 0.716. The van der Waals surface area contributed by atoms with Crippen LogP contribution in [0.5, 0.6) is 0 Å². The van der Waals surface area contributed by atoms with Crippen molar-refractivity contribution in [3.8, 4) is 22.4 Å². The van der Waals surface area contributed by atoms with Gasteiger partial charge in [0.15, 0.2) is 5.82 Å². The van der Waals surface area contributed by atoms with Crippen LogP contribution in [0.15, 0.2) is 46.9 Å². The second-order valence-electron chi connectivity index (χ2n) is 4.82. The lowest BCUT2D eigenvalue weighted by molar-refractivity contribution is 0.630. The number of nitrogens with one attached hydrogen (secondary N) is 1. The van der Waals surface area contributed by atoms with E-state index in [4.69, 9.17) is 5.73 Å². The monoisotopic (exact) mass is 345 g/mol. The molecule has 21 heavy (non-hydrogen) atoms. The molecule has 0 aliphatic rings. The van der Waals surface area contributed by atoms with Gasteiger partial charge in [-0.1, -0.05) is 35.9 Å². The molecule has 0 saturated carbocycles. The third kappa shape index (κ3) is 2.45. The van der Waals surface area contributed by atoms with Gasteiger partial charge in [0.2, 0.25) is 0 Å². The Morgan fingerprint density at radius 2 is 1.90 bits per heavy atom. The van der Waals surface area contributed by atoms with Crippen LogP contribution in [0.3, 0.4) is 0 Å². The fourth-order valence-corrected chi connectivity index (χ4v) is 2.91. The van der Waals surface area contributed by atoms with Crippen LogP contribution in [0.2, 0.25) is 0 Å². The molecule has 1 heterocycles. The van der Waals surface area contributed by atoms with Crippen LogP contribution >= 0.6 is 15.9 Å². The van der Waals surface area contributed by atoms with E-state index in [2.05, 4.69) is 26.1 Å². The number of rotatable bonds is 2. The number of H-pyrrole nitrogens is 1.